The molecular formula is C9H17NO. The van der Waals surface area contributed by atoms with Gasteiger partial charge in [-0.25, -0.2) is 0 Å². The van der Waals surface area contributed by atoms with Crippen LogP contribution in [0.15, 0.2) is 0 Å². The highest BCUT2D eigenvalue weighted by Crippen LogP contribution is 2.31. The molecule has 1 aliphatic heterocycles. The lowest BCUT2D eigenvalue weighted by atomic mass is 9.95. The van der Waals surface area contributed by atoms with E-state index in [0.29, 0.717) is 0 Å². The van der Waals surface area contributed by atoms with E-state index in [1.54, 1.807) is 0 Å². The minimum atomic E-state index is -0.402. The van der Waals surface area contributed by atoms with Crippen LogP contribution in [0.3, 0.4) is 0 Å². The molecule has 2 nitrogen and oxygen atoms in total. The van der Waals surface area contributed by atoms with E-state index in [9.17, 15) is 5.11 Å². The number of hydrogen-bond donors (Lipinski definition) is 1. The smallest absolute Gasteiger partial charge is 0.0746 e. The van der Waals surface area contributed by atoms with Crippen LogP contribution in [-0.4, -0.2) is 34.7 Å². The molecule has 1 aliphatic carbocycles. The van der Waals surface area contributed by atoms with E-state index in [-0.39, 0.29) is 0 Å². The van der Waals surface area contributed by atoms with Crippen molar-refractivity contribution < 1.29 is 5.11 Å². The molecule has 0 spiro atoms. The largest absolute Gasteiger partial charge is 0.389 e. The average Bonchev–Trinajstić information content (AvgIpc) is 2.65. The second-order valence-corrected chi connectivity index (χ2v) is 4.30. The maximum Gasteiger partial charge on any atom is 0.0746 e. The molecule has 1 saturated carbocycles. The van der Waals surface area contributed by atoms with Gasteiger partial charge in [-0.15, -0.1) is 0 Å². The number of piperidine rings is 1. The van der Waals surface area contributed by atoms with E-state index in [1.165, 1.54) is 25.8 Å². The number of likely N-dealkylation sites (tertiary alicyclic amines) is 1. The van der Waals surface area contributed by atoms with Crippen LogP contribution < -0.4 is 0 Å². The van der Waals surface area contributed by atoms with Gasteiger partial charge in [-0.3, -0.25) is 4.90 Å². The zero-order chi connectivity index (χ0) is 7.90. The molecule has 0 bridgehead atoms. The summed E-state index contributed by atoms with van der Waals surface area (Å²) in [5.74, 6) is 0. The normalized spacial score (nSPS) is 40.9. The van der Waals surface area contributed by atoms with Crippen molar-refractivity contribution in [1.29, 1.82) is 0 Å². The van der Waals surface area contributed by atoms with Crippen LogP contribution >= 0.6 is 0 Å². The fourth-order valence-corrected chi connectivity index (χ4v) is 2.01. The van der Waals surface area contributed by atoms with Crippen molar-refractivity contribution in [3.63, 3.8) is 0 Å². The van der Waals surface area contributed by atoms with Crippen LogP contribution in [0.1, 0.15) is 32.6 Å². The van der Waals surface area contributed by atoms with Crippen molar-refractivity contribution in [3.8, 4) is 0 Å². The quantitative estimate of drug-likeness (QED) is 0.610. The second-order valence-electron chi connectivity index (χ2n) is 4.30. The minimum absolute atomic E-state index is 0.402. The lowest BCUT2D eigenvalue weighted by molar-refractivity contribution is -0.0182. The number of nitrogens with zero attached hydrogens (tertiary/aromatic N) is 1. The van der Waals surface area contributed by atoms with Crippen molar-refractivity contribution in [1.82, 2.24) is 4.90 Å². The van der Waals surface area contributed by atoms with Crippen LogP contribution in [0.5, 0.6) is 0 Å². The lowest BCUT2D eigenvalue weighted by Crippen LogP contribution is -2.46. The van der Waals surface area contributed by atoms with E-state index in [2.05, 4.69) is 4.90 Å². The van der Waals surface area contributed by atoms with Gasteiger partial charge in [0.2, 0.25) is 0 Å². The summed E-state index contributed by atoms with van der Waals surface area (Å²) in [7, 11) is 0. The van der Waals surface area contributed by atoms with Crippen LogP contribution in [0.2, 0.25) is 0 Å². The first-order valence-electron chi connectivity index (χ1n) is 4.64. The molecule has 0 aromatic rings. The van der Waals surface area contributed by atoms with Gasteiger partial charge < -0.3 is 5.11 Å². The Bertz CT molecular complexity index is 152. The molecular weight excluding hydrogens is 138 g/mol. The summed E-state index contributed by atoms with van der Waals surface area (Å²) in [4.78, 5) is 2.45. The van der Waals surface area contributed by atoms with Crippen LogP contribution in [-0.2, 0) is 0 Å². The fraction of sp³-hybridized carbons (Fsp3) is 1.00. The molecule has 11 heavy (non-hydrogen) atoms. The van der Waals surface area contributed by atoms with Crippen LogP contribution in [0.25, 0.3) is 0 Å². The third-order valence-corrected chi connectivity index (χ3v) is 2.77. The van der Waals surface area contributed by atoms with Crippen molar-refractivity contribution in [2.45, 2.75) is 44.2 Å². The topological polar surface area (TPSA) is 23.5 Å². The first-order valence-corrected chi connectivity index (χ1v) is 4.64. The Kier molecular flexibility index (Phi) is 1.69. The lowest BCUT2D eigenvalue weighted by Gasteiger charge is -2.36. The summed E-state index contributed by atoms with van der Waals surface area (Å²) in [5.41, 5.74) is -0.402. The number of aliphatic hydroxyl groups is 1. The highest BCUT2D eigenvalue weighted by atomic mass is 16.3. The molecule has 1 unspecified atom stereocenters. The van der Waals surface area contributed by atoms with Gasteiger partial charge >= 0.3 is 0 Å². The van der Waals surface area contributed by atoms with Gasteiger partial charge in [0.05, 0.1) is 5.60 Å². The number of rotatable bonds is 1. The highest BCUT2D eigenvalue weighted by Gasteiger charge is 2.36. The molecule has 1 heterocycles. The van der Waals surface area contributed by atoms with Gasteiger partial charge in [0.25, 0.3) is 0 Å². The monoisotopic (exact) mass is 155 g/mol. The van der Waals surface area contributed by atoms with Gasteiger partial charge in [0, 0.05) is 12.6 Å². The van der Waals surface area contributed by atoms with Gasteiger partial charge in [0.15, 0.2) is 0 Å². The maximum atomic E-state index is 9.78. The molecule has 2 fully saturated rings. The summed E-state index contributed by atoms with van der Waals surface area (Å²) in [5, 5.41) is 9.78. The maximum absolute atomic E-state index is 9.78. The third-order valence-electron chi connectivity index (χ3n) is 2.77. The van der Waals surface area contributed by atoms with E-state index < -0.39 is 5.60 Å². The molecule has 1 atom stereocenters. The van der Waals surface area contributed by atoms with Crippen LogP contribution in [0, 0.1) is 0 Å². The number of hydrogen-bond acceptors (Lipinski definition) is 2. The molecule has 1 N–H and O–H groups in total. The zero-order valence-corrected chi connectivity index (χ0v) is 7.21. The van der Waals surface area contributed by atoms with Gasteiger partial charge in [-0.2, -0.15) is 0 Å². The summed E-state index contributed by atoms with van der Waals surface area (Å²) in [6, 6.07) is 0.821. The molecule has 64 valence electrons. The van der Waals surface area contributed by atoms with Gasteiger partial charge in [-0.1, -0.05) is 0 Å². The first kappa shape index (κ1) is 7.56. The molecule has 0 amide bonds. The zero-order valence-electron chi connectivity index (χ0n) is 7.21. The first-order chi connectivity index (χ1) is 5.17. The molecule has 2 rings (SSSR count). The summed E-state index contributed by atoms with van der Waals surface area (Å²) < 4.78 is 0. The Morgan fingerprint density at radius 1 is 1.45 bits per heavy atom. The fourth-order valence-electron chi connectivity index (χ4n) is 2.01. The Labute approximate surface area is 68.2 Å². The Balaban J connectivity index is 1.92. The average molecular weight is 155 g/mol. The van der Waals surface area contributed by atoms with E-state index in [4.69, 9.17) is 0 Å². The Hall–Kier alpha value is -0.0800. The van der Waals surface area contributed by atoms with Gasteiger partial charge in [-0.05, 0) is 39.2 Å². The number of β-amino-alcohol motifs (C(OH)–C–C–N with tert-alkyl or cyclic N) is 1. The predicted molar refractivity (Wildman–Crippen MR) is 44.5 cm³/mol. The standard InChI is InChI=1S/C9H17NO/c1-9(11)5-2-6-10(7-9)8-3-4-8/h8,11H,2-7H2,1H3. The molecule has 1 saturated heterocycles. The second kappa shape index (κ2) is 2.46. The third kappa shape index (κ3) is 1.74. The molecule has 0 aromatic heterocycles. The van der Waals surface area contributed by atoms with Crippen molar-refractivity contribution in [2.24, 2.45) is 0 Å². The summed E-state index contributed by atoms with van der Waals surface area (Å²) >= 11 is 0. The van der Waals surface area contributed by atoms with E-state index >= 15 is 0 Å². The summed E-state index contributed by atoms with van der Waals surface area (Å²) in [6.07, 6.45) is 4.87. The van der Waals surface area contributed by atoms with Crippen molar-refractivity contribution in [2.75, 3.05) is 13.1 Å². The SMILES string of the molecule is CC1(O)CCCN(C2CC2)C1. The predicted octanol–water partition coefficient (Wildman–Crippen LogP) is 0.996. The van der Waals surface area contributed by atoms with Crippen molar-refractivity contribution >= 4 is 0 Å². The van der Waals surface area contributed by atoms with Crippen LogP contribution in [0.4, 0.5) is 0 Å². The van der Waals surface area contributed by atoms with Gasteiger partial charge in [0.1, 0.15) is 0 Å². The minimum Gasteiger partial charge on any atom is -0.389 e. The molecule has 2 aliphatic rings. The van der Waals surface area contributed by atoms with E-state index in [1.807, 2.05) is 6.92 Å². The Morgan fingerprint density at radius 2 is 2.18 bits per heavy atom. The molecule has 2 heteroatoms. The summed E-state index contributed by atoms with van der Waals surface area (Å²) in [6.45, 7) is 4.07. The van der Waals surface area contributed by atoms with Crippen molar-refractivity contribution in [3.05, 3.63) is 0 Å². The van der Waals surface area contributed by atoms with E-state index in [0.717, 1.165) is 19.0 Å². The Morgan fingerprint density at radius 3 is 2.73 bits per heavy atom. The highest BCUT2D eigenvalue weighted by molar-refractivity contribution is 4.91. The molecule has 0 radical (unpaired) electrons. The molecule has 0 aromatic carbocycles.